The van der Waals surface area contributed by atoms with Crippen molar-refractivity contribution in [3.05, 3.63) is 35.4 Å². The van der Waals surface area contributed by atoms with Gasteiger partial charge in [-0.25, -0.2) is 0 Å². The zero-order valence-electron chi connectivity index (χ0n) is 8.46. The van der Waals surface area contributed by atoms with Gasteiger partial charge in [0.05, 0.1) is 6.54 Å². The molecule has 0 bridgehead atoms. The number of benzene rings is 1. The van der Waals surface area contributed by atoms with Crippen LogP contribution in [0.2, 0.25) is 0 Å². The van der Waals surface area contributed by atoms with E-state index >= 15 is 0 Å². The van der Waals surface area contributed by atoms with Crippen LogP contribution < -0.4 is 5.32 Å². The molecule has 1 aromatic rings. The molecular weight excluding hydrogens is 170 g/mol. The van der Waals surface area contributed by atoms with Gasteiger partial charge < -0.3 is 0 Å². The lowest BCUT2D eigenvalue weighted by Crippen LogP contribution is -2.24. The van der Waals surface area contributed by atoms with Crippen LogP contribution in [0.4, 0.5) is 0 Å². The zero-order chi connectivity index (χ0) is 9.97. The summed E-state index contributed by atoms with van der Waals surface area (Å²) in [6.07, 6.45) is 6.42. The summed E-state index contributed by atoms with van der Waals surface area (Å²) in [4.78, 5) is 0. The summed E-state index contributed by atoms with van der Waals surface area (Å²) in [5.74, 6) is 3.29. The van der Waals surface area contributed by atoms with Gasteiger partial charge in [0, 0.05) is 6.04 Å². The number of hydrogen-bond donors (Lipinski definition) is 1. The fourth-order valence-corrected chi connectivity index (χ4v) is 2.27. The third-order valence-corrected chi connectivity index (χ3v) is 2.93. The van der Waals surface area contributed by atoms with Crippen molar-refractivity contribution in [2.75, 3.05) is 6.54 Å². The topological polar surface area (TPSA) is 12.0 Å². The van der Waals surface area contributed by atoms with Gasteiger partial charge in [0.25, 0.3) is 0 Å². The first-order valence-electron chi connectivity index (χ1n) is 5.07. The van der Waals surface area contributed by atoms with Crippen molar-refractivity contribution in [1.29, 1.82) is 0 Å². The van der Waals surface area contributed by atoms with Crippen molar-refractivity contribution in [1.82, 2.24) is 5.32 Å². The first-order valence-corrected chi connectivity index (χ1v) is 5.07. The highest BCUT2D eigenvalue weighted by atomic mass is 14.9. The van der Waals surface area contributed by atoms with Crippen LogP contribution in [0.1, 0.15) is 24.1 Å². The summed E-state index contributed by atoms with van der Waals surface area (Å²) in [5.41, 5.74) is 2.89. The van der Waals surface area contributed by atoms with Gasteiger partial charge in [-0.2, -0.15) is 0 Å². The van der Waals surface area contributed by atoms with Gasteiger partial charge >= 0.3 is 0 Å². The van der Waals surface area contributed by atoms with E-state index in [4.69, 9.17) is 6.42 Å². The molecule has 0 saturated heterocycles. The molecule has 0 saturated carbocycles. The molecule has 0 unspecified atom stereocenters. The van der Waals surface area contributed by atoms with E-state index in [2.05, 4.69) is 42.4 Å². The van der Waals surface area contributed by atoms with E-state index in [-0.39, 0.29) is 0 Å². The third-order valence-electron chi connectivity index (χ3n) is 2.93. The second-order valence-corrected chi connectivity index (χ2v) is 3.94. The Balaban J connectivity index is 2.22. The minimum absolute atomic E-state index is 0.447. The van der Waals surface area contributed by atoms with Crippen LogP contribution in [-0.2, 0) is 6.42 Å². The molecule has 0 fully saturated rings. The molecule has 1 N–H and O–H groups in total. The first-order chi connectivity index (χ1) is 6.83. The van der Waals surface area contributed by atoms with E-state index < -0.39 is 0 Å². The standard InChI is InChI=1S/C13H15N/c1-3-8-14-13-10(2)9-11-6-4-5-7-12(11)13/h1,4-7,10,13-14H,8-9H2,2H3/t10-,13-/m1/s1. The maximum atomic E-state index is 5.26. The summed E-state index contributed by atoms with van der Waals surface area (Å²) in [5, 5.41) is 3.40. The Morgan fingerprint density at radius 3 is 3.07 bits per heavy atom. The molecule has 1 aromatic carbocycles. The SMILES string of the molecule is C#CCN[C@H]1c2ccccc2C[C@H]1C. The lowest BCUT2D eigenvalue weighted by molar-refractivity contribution is 0.435. The molecule has 1 heteroatoms. The van der Waals surface area contributed by atoms with Gasteiger partial charge in [0.2, 0.25) is 0 Å². The van der Waals surface area contributed by atoms with Crippen LogP contribution in [0.3, 0.4) is 0 Å². The highest BCUT2D eigenvalue weighted by Crippen LogP contribution is 2.35. The second-order valence-electron chi connectivity index (χ2n) is 3.94. The molecule has 0 radical (unpaired) electrons. The maximum absolute atomic E-state index is 5.26. The van der Waals surface area contributed by atoms with E-state index in [1.165, 1.54) is 17.5 Å². The number of hydrogen-bond acceptors (Lipinski definition) is 1. The second kappa shape index (κ2) is 3.86. The lowest BCUT2D eigenvalue weighted by Gasteiger charge is -2.16. The van der Waals surface area contributed by atoms with E-state index in [1.54, 1.807) is 0 Å². The van der Waals surface area contributed by atoms with Crippen LogP contribution in [0.5, 0.6) is 0 Å². The monoisotopic (exact) mass is 185 g/mol. The predicted molar refractivity (Wildman–Crippen MR) is 58.9 cm³/mol. The number of rotatable bonds is 2. The Bertz CT molecular complexity index is 362. The van der Waals surface area contributed by atoms with Crippen molar-refractivity contribution >= 4 is 0 Å². The molecule has 0 spiro atoms. The lowest BCUT2D eigenvalue weighted by atomic mass is 10.0. The smallest absolute Gasteiger partial charge is 0.0578 e. The Labute approximate surface area is 85.5 Å². The Morgan fingerprint density at radius 1 is 1.50 bits per heavy atom. The zero-order valence-corrected chi connectivity index (χ0v) is 8.46. The molecule has 0 amide bonds. The van der Waals surface area contributed by atoms with Gasteiger partial charge in [0.1, 0.15) is 0 Å². The van der Waals surface area contributed by atoms with Gasteiger partial charge in [0.15, 0.2) is 0 Å². The van der Waals surface area contributed by atoms with Crippen LogP contribution in [0, 0.1) is 18.3 Å². The summed E-state index contributed by atoms with van der Waals surface area (Å²) in [6.45, 7) is 2.93. The molecule has 0 heterocycles. The summed E-state index contributed by atoms with van der Waals surface area (Å²) in [7, 11) is 0. The molecule has 14 heavy (non-hydrogen) atoms. The normalized spacial score (nSPS) is 24.3. The summed E-state index contributed by atoms with van der Waals surface area (Å²) < 4.78 is 0. The largest absolute Gasteiger partial charge is 0.299 e. The van der Waals surface area contributed by atoms with Crippen LogP contribution in [0.25, 0.3) is 0 Å². The highest BCUT2D eigenvalue weighted by molar-refractivity contribution is 5.35. The molecule has 0 aliphatic heterocycles. The van der Waals surface area contributed by atoms with Crippen molar-refractivity contribution in [2.24, 2.45) is 5.92 Å². The Hall–Kier alpha value is -1.26. The number of terminal acetylenes is 1. The summed E-state index contributed by atoms with van der Waals surface area (Å²) >= 11 is 0. The Kier molecular flexibility index (Phi) is 2.56. The third kappa shape index (κ3) is 1.54. The van der Waals surface area contributed by atoms with Gasteiger partial charge in [-0.15, -0.1) is 6.42 Å². The fourth-order valence-electron chi connectivity index (χ4n) is 2.27. The first kappa shape index (κ1) is 9.30. The number of nitrogens with one attached hydrogen (secondary N) is 1. The average molecular weight is 185 g/mol. The highest BCUT2D eigenvalue weighted by Gasteiger charge is 2.27. The average Bonchev–Trinajstić information content (AvgIpc) is 2.51. The fraction of sp³-hybridized carbons (Fsp3) is 0.385. The molecular formula is C13H15N. The van der Waals surface area contributed by atoms with Crippen molar-refractivity contribution in [2.45, 2.75) is 19.4 Å². The predicted octanol–water partition coefficient (Wildman–Crippen LogP) is 2.14. The minimum Gasteiger partial charge on any atom is -0.299 e. The van der Waals surface area contributed by atoms with Gasteiger partial charge in [-0.1, -0.05) is 37.1 Å². The Morgan fingerprint density at radius 2 is 2.29 bits per heavy atom. The van der Waals surface area contributed by atoms with Crippen molar-refractivity contribution < 1.29 is 0 Å². The molecule has 1 aliphatic rings. The molecule has 2 rings (SSSR count). The van der Waals surface area contributed by atoms with Crippen molar-refractivity contribution in [3.63, 3.8) is 0 Å². The minimum atomic E-state index is 0.447. The van der Waals surface area contributed by atoms with Gasteiger partial charge in [-0.3, -0.25) is 5.32 Å². The summed E-state index contributed by atoms with van der Waals surface area (Å²) in [6, 6.07) is 9.06. The van der Waals surface area contributed by atoms with Crippen molar-refractivity contribution in [3.8, 4) is 12.3 Å². The van der Waals surface area contributed by atoms with Gasteiger partial charge in [-0.05, 0) is 23.5 Å². The van der Waals surface area contributed by atoms with Crippen LogP contribution in [0.15, 0.2) is 24.3 Å². The van der Waals surface area contributed by atoms with E-state index in [0.29, 0.717) is 18.5 Å². The van der Waals surface area contributed by atoms with Crippen LogP contribution >= 0.6 is 0 Å². The maximum Gasteiger partial charge on any atom is 0.0578 e. The van der Waals surface area contributed by atoms with E-state index in [9.17, 15) is 0 Å². The quantitative estimate of drug-likeness (QED) is 0.696. The molecule has 72 valence electrons. The van der Waals surface area contributed by atoms with Crippen LogP contribution in [-0.4, -0.2) is 6.54 Å². The van der Waals surface area contributed by atoms with E-state index in [0.717, 1.165) is 0 Å². The molecule has 1 nitrogen and oxygen atoms in total. The number of fused-ring (bicyclic) bond motifs is 1. The molecule has 1 aliphatic carbocycles. The molecule has 2 atom stereocenters. The van der Waals surface area contributed by atoms with E-state index in [1.807, 2.05) is 0 Å². The molecule has 0 aromatic heterocycles.